The van der Waals surface area contributed by atoms with E-state index in [1.165, 1.54) is 6.42 Å². The third-order valence-corrected chi connectivity index (χ3v) is 3.59. The van der Waals surface area contributed by atoms with E-state index in [0.717, 1.165) is 25.9 Å². The topological polar surface area (TPSA) is 59.5 Å². The van der Waals surface area contributed by atoms with E-state index in [4.69, 9.17) is 10.2 Å². The average Bonchev–Trinajstić information content (AvgIpc) is 2.76. The molecule has 6 heteroatoms. The van der Waals surface area contributed by atoms with E-state index in [-0.39, 0.29) is 18.3 Å². The highest BCUT2D eigenvalue weighted by atomic mass is 79.9. The van der Waals surface area contributed by atoms with Gasteiger partial charge in [-0.05, 0) is 59.8 Å². The Balaban J connectivity index is 0.00000162. The highest BCUT2D eigenvalue weighted by molar-refractivity contribution is 9.10. The summed E-state index contributed by atoms with van der Waals surface area (Å²) in [5, 5.41) is 0. The molecule has 0 saturated carbocycles. The van der Waals surface area contributed by atoms with Crippen molar-refractivity contribution >= 4 is 34.2 Å². The van der Waals surface area contributed by atoms with Gasteiger partial charge < -0.3 is 15.1 Å². The number of carbonyl (C=O) groups is 1. The van der Waals surface area contributed by atoms with Crippen LogP contribution in [0.3, 0.4) is 0 Å². The van der Waals surface area contributed by atoms with Crippen LogP contribution in [-0.2, 0) is 0 Å². The SMILES string of the molecule is Cl.NCCC1CCCN(C(=O)c2ccc(Br)o2)C1. The smallest absolute Gasteiger partial charge is 0.289 e. The van der Waals surface area contributed by atoms with Gasteiger partial charge in [0.05, 0.1) is 0 Å². The van der Waals surface area contributed by atoms with Gasteiger partial charge >= 0.3 is 0 Å². The van der Waals surface area contributed by atoms with Gasteiger partial charge in [-0.1, -0.05) is 0 Å². The summed E-state index contributed by atoms with van der Waals surface area (Å²) in [5.41, 5.74) is 5.57. The van der Waals surface area contributed by atoms with Gasteiger partial charge in [0, 0.05) is 13.1 Å². The molecule has 0 radical (unpaired) electrons. The van der Waals surface area contributed by atoms with Crippen LogP contribution in [0.15, 0.2) is 21.2 Å². The molecule has 0 aromatic carbocycles. The van der Waals surface area contributed by atoms with E-state index >= 15 is 0 Å². The van der Waals surface area contributed by atoms with E-state index < -0.39 is 0 Å². The summed E-state index contributed by atoms with van der Waals surface area (Å²) in [4.78, 5) is 14.0. The van der Waals surface area contributed by atoms with Crippen molar-refractivity contribution in [2.45, 2.75) is 19.3 Å². The van der Waals surface area contributed by atoms with Gasteiger partial charge in [0.25, 0.3) is 5.91 Å². The summed E-state index contributed by atoms with van der Waals surface area (Å²) in [6.45, 7) is 2.31. The first-order valence-electron chi connectivity index (χ1n) is 5.95. The van der Waals surface area contributed by atoms with E-state index in [0.29, 0.717) is 22.9 Å². The Morgan fingerprint density at radius 2 is 2.33 bits per heavy atom. The van der Waals surface area contributed by atoms with Crippen molar-refractivity contribution in [3.05, 3.63) is 22.6 Å². The molecule has 2 N–H and O–H groups in total. The summed E-state index contributed by atoms with van der Waals surface area (Å²) in [6.07, 6.45) is 3.22. The molecule has 1 aliphatic heterocycles. The minimum Gasteiger partial charge on any atom is -0.444 e. The average molecular weight is 338 g/mol. The van der Waals surface area contributed by atoms with E-state index in [1.54, 1.807) is 12.1 Å². The Labute approximate surface area is 121 Å². The van der Waals surface area contributed by atoms with E-state index in [2.05, 4.69) is 15.9 Å². The van der Waals surface area contributed by atoms with Crippen LogP contribution in [0.25, 0.3) is 0 Å². The molecular formula is C12H18BrClN2O2. The third-order valence-electron chi connectivity index (χ3n) is 3.17. The van der Waals surface area contributed by atoms with Crippen molar-refractivity contribution in [1.82, 2.24) is 4.90 Å². The maximum absolute atomic E-state index is 12.1. The number of hydrogen-bond acceptors (Lipinski definition) is 3. The quantitative estimate of drug-likeness (QED) is 0.922. The normalized spacial score (nSPS) is 19.4. The molecule has 0 bridgehead atoms. The van der Waals surface area contributed by atoms with Crippen LogP contribution < -0.4 is 5.73 Å². The summed E-state index contributed by atoms with van der Waals surface area (Å²) in [5.74, 6) is 0.929. The van der Waals surface area contributed by atoms with E-state index in [1.807, 2.05) is 4.90 Å². The van der Waals surface area contributed by atoms with Crippen molar-refractivity contribution in [1.29, 1.82) is 0 Å². The maximum Gasteiger partial charge on any atom is 0.289 e. The first-order valence-corrected chi connectivity index (χ1v) is 6.74. The summed E-state index contributed by atoms with van der Waals surface area (Å²) in [6, 6.07) is 3.45. The van der Waals surface area contributed by atoms with E-state index in [9.17, 15) is 4.79 Å². The number of halogens is 2. The molecule has 1 amide bonds. The molecule has 0 spiro atoms. The molecule has 18 heavy (non-hydrogen) atoms. The summed E-state index contributed by atoms with van der Waals surface area (Å²) in [7, 11) is 0. The lowest BCUT2D eigenvalue weighted by Crippen LogP contribution is -2.40. The molecule has 1 atom stereocenters. The third kappa shape index (κ3) is 3.73. The molecule has 2 heterocycles. The minimum atomic E-state index is -0.0163. The summed E-state index contributed by atoms with van der Waals surface area (Å²) < 4.78 is 5.89. The number of furan rings is 1. The number of carbonyl (C=O) groups excluding carboxylic acids is 1. The molecule has 2 rings (SSSR count). The fourth-order valence-electron chi connectivity index (χ4n) is 2.31. The van der Waals surface area contributed by atoms with Crippen LogP contribution in [0.4, 0.5) is 0 Å². The second-order valence-corrected chi connectivity index (χ2v) is 5.22. The molecule has 0 aliphatic carbocycles. The van der Waals surface area contributed by atoms with Crippen molar-refractivity contribution in [2.75, 3.05) is 19.6 Å². The molecule has 4 nitrogen and oxygen atoms in total. The Bertz CT molecular complexity index is 395. The zero-order valence-corrected chi connectivity index (χ0v) is 12.5. The number of piperidine rings is 1. The van der Waals surface area contributed by atoms with Crippen molar-refractivity contribution in [2.24, 2.45) is 11.7 Å². The number of amides is 1. The second kappa shape index (κ2) is 7.16. The van der Waals surface area contributed by atoms with Crippen LogP contribution >= 0.6 is 28.3 Å². The van der Waals surface area contributed by atoms with Gasteiger partial charge in [-0.15, -0.1) is 12.4 Å². The van der Waals surface area contributed by atoms with Gasteiger partial charge in [0.1, 0.15) is 0 Å². The Kier molecular flexibility index (Phi) is 6.18. The van der Waals surface area contributed by atoms with Gasteiger partial charge in [-0.2, -0.15) is 0 Å². The van der Waals surface area contributed by atoms with Gasteiger partial charge in [0.15, 0.2) is 10.4 Å². The number of nitrogens with zero attached hydrogens (tertiary/aromatic N) is 1. The lowest BCUT2D eigenvalue weighted by Gasteiger charge is -2.32. The number of likely N-dealkylation sites (tertiary alicyclic amines) is 1. The van der Waals surface area contributed by atoms with Crippen molar-refractivity contribution in [3.63, 3.8) is 0 Å². The first-order chi connectivity index (χ1) is 8.20. The number of rotatable bonds is 3. The molecule has 1 aromatic heterocycles. The van der Waals surface area contributed by atoms with Crippen LogP contribution in [0, 0.1) is 5.92 Å². The fourth-order valence-corrected chi connectivity index (χ4v) is 2.61. The van der Waals surface area contributed by atoms with Crippen LogP contribution in [0.2, 0.25) is 0 Å². The molecule has 1 fully saturated rings. The Morgan fingerprint density at radius 1 is 1.56 bits per heavy atom. The second-order valence-electron chi connectivity index (χ2n) is 4.44. The lowest BCUT2D eigenvalue weighted by atomic mass is 9.95. The van der Waals surface area contributed by atoms with Crippen molar-refractivity contribution < 1.29 is 9.21 Å². The molecule has 1 saturated heterocycles. The molecule has 1 aromatic rings. The highest BCUT2D eigenvalue weighted by Crippen LogP contribution is 2.22. The maximum atomic E-state index is 12.1. The summed E-state index contributed by atoms with van der Waals surface area (Å²) >= 11 is 3.21. The number of hydrogen-bond donors (Lipinski definition) is 1. The minimum absolute atomic E-state index is 0. The van der Waals surface area contributed by atoms with Crippen LogP contribution in [0.5, 0.6) is 0 Å². The Hall–Kier alpha value is -0.520. The van der Waals surface area contributed by atoms with Gasteiger partial charge in [-0.25, -0.2) is 0 Å². The lowest BCUT2D eigenvalue weighted by molar-refractivity contribution is 0.0636. The van der Waals surface area contributed by atoms with Gasteiger partial charge in [0.2, 0.25) is 0 Å². The molecule has 1 aliphatic rings. The standard InChI is InChI=1S/C12H17BrN2O2.ClH/c13-11-4-3-10(17-11)12(16)15-7-1-2-9(8-15)5-6-14;/h3-4,9H,1-2,5-8,14H2;1H. The molecule has 1 unspecified atom stereocenters. The van der Waals surface area contributed by atoms with Gasteiger partial charge in [-0.3, -0.25) is 4.79 Å². The monoisotopic (exact) mass is 336 g/mol. The van der Waals surface area contributed by atoms with Crippen LogP contribution in [-0.4, -0.2) is 30.4 Å². The predicted octanol–water partition coefficient (Wildman–Crippen LogP) is 2.66. The Morgan fingerprint density at radius 3 is 2.94 bits per heavy atom. The van der Waals surface area contributed by atoms with Crippen molar-refractivity contribution in [3.8, 4) is 0 Å². The molecule has 102 valence electrons. The van der Waals surface area contributed by atoms with Crippen LogP contribution in [0.1, 0.15) is 29.8 Å². The fraction of sp³-hybridized carbons (Fsp3) is 0.583. The molecular weight excluding hydrogens is 320 g/mol. The number of nitrogens with two attached hydrogens (primary N) is 1. The highest BCUT2D eigenvalue weighted by Gasteiger charge is 2.25. The predicted molar refractivity (Wildman–Crippen MR) is 76.0 cm³/mol. The largest absolute Gasteiger partial charge is 0.444 e. The zero-order chi connectivity index (χ0) is 12.3. The first kappa shape index (κ1) is 15.5. The zero-order valence-electron chi connectivity index (χ0n) is 10.1.